The summed E-state index contributed by atoms with van der Waals surface area (Å²) in [6, 6.07) is 16.0. The van der Waals surface area contributed by atoms with Crippen molar-refractivity contribution in [3.05, 3.63) is 123 Å². The Hall–Kier alpha value is -2.57. The summed E-state index contributed by atoms with van der Waals surface area (Å²) >= 11 is -1.89. The SMILES string of the molecule is CC(C)(C)CNC(=O)O.CC(C)(C)CNC(=O)O.CC(C)(C)c1ccc(CNC(=O)O)cc1.CC(C)(C)c1ccc(CNC(=O)O)cc1.CCCCC(CC)CNC(=O)O.CCCCC(CC)CNC(=O)O.CCCCCCCCCCCCNC(=O)O.CCCCCCCCCCCCNC(=O)O.[CH3-].[CH3-].[Cl][Pt+2][Cl].[Cl][Pt+2][Cl].[Cl][Pt+2][Cl].[Cl][Pt+2][Cl].[NH2-].[NH2-].[NH2-].[NH2-].[NH2-].[NH2-]. The first-order chi connectivity index (χ1) is 54.2. The van der Waals surface area contributed by atoms with E-state index in [1.807, 2.05) is 90.1 Å². The van der Waals surface area contributed by atoms with Crippen LogP contribution in [0, 0.1) is 37.5 Å². The molecular formula is C82H170Cl8N14O16Pt4. The molecule has 28 N–H and O–H groups in total. The third-order valence-electron chi connectivity index (χ3n) is 15.9. The summed E-state index contributed by atoms with van der Waals surface area (Å²) in [7, 11) is 39.0. The number of carbonyl (C=O) groups is 8. The summed E-state index contributed by atoms with van der Waals surface area (Å²) < 4.78 is 0. The van der Waals surface area contributed by atoms with Gasteiger partial charge in [-0.15, -0.1) is 0 Å². The van der Waals surface area contributed by atoms with Gasteiger partial charge in [0.2, 0.25) is 0 Å². The fraction of sp³-hybridized carbons (Fsp3) is 0.732. The van der Waals surface area contributed by atoms with Crippen LogP contribution in [0.15, 0.2) is 48.5 Å². The average molecular weight is 2670 g/mol. The molecule has 0 aliphatic rings. The van der Waals surface area contributed by atoms with Crippen LogP contribution in [-0.4, -0.2) is 129 Å². The van der Waals surface area contributed by atoms with Gasteiger partial charge in [-0.25, -0.2) is 38.4 Å². The second-order valence-electron chi connectivity index (χ2n) is 30.9. The van der Waals surface area contributed by atoms with Gasteiger partial charge in [0.25, 0.3) is 0 Å². The van der Waals surface area contributed by atoms with Crippen molar-refractivity contribution in [1.82, 2.24) is 42.5 Å². The molecule has 0 aliphatic carbocycles. The standard InChI is InChI=1S/2C13H27NO2.2C12H17NO2.2C9H19NO2.2C6H13NO2.2CH3.8ClH.6H2N.4Pt/c2*1-2-3-4-5-6-7-8-9-10-11-12-14-13(15)16;2*1-12(2,3)10-6-4-9(5-7-10)8-13-11(14)15;2*1-3-5-6-8(4-2)7-10-9(11)12;2*1-6(2,3)4-7-5(8)9;;;;;;;;;;;;;;;;;;;;/h2*14H,2-12H2,1H3,(H,15,16);2*4-7,13H,8H2,1-3H3,(H,14,15);2*8,10H,3-7H2,1-2H3,(H,11,12);2*7H,4H2,1-3H3,(H,8,9);2*1H3;8*1H;6*1H2;;;;/q;;;;;;;;2*-1;;;;;;;;;6*-1;4*+4/p-8. The Morgan fingerprint density at radius 2 is 0.476 bits per heavy atom. The third-order valence-corrected chi connectivity index (χ3v) is 15.9. The first-order valence-electron chi connectivity index (χ1n) is 39.5. The second kappa shape index (κ2) is 120. The molecule has 0 saturated carbocycles. The van der Waals surface area contributed by atoms with Gasteiger partial charge in [-0.05, 0) is 81.4 Å². The maximum absolute atomic E-state index is 10.3. The van der Waals surface area contributed by atoms with Gasteiger partial charge in [-0.3, -0.25) is 0 Å². The first-order valence-corrected chi connectivity index (χ1v) is 62.0. The van der Waals surface area contributed by atoms with E-state index >= 15 is 0 Å². The van der Waals surface area contributed by atoms with E-state index in [9.17, 15) is 38.4 Å². The number of rotatable bonds is 40. The summed E-state index contributed by atoms with van der Waals surface area (Å²) in [6.45, 7) is 41.9. The Morgan fingerprint density at radius 1 is 0.290 bits per heavy atom. The molecule has 760 valence electrons. The van der Waals surface area contributed by atoms with Crippen molar-refractivity contribution in [2.45, 2.75) is 328 Å². The molecule has 124 heavy (non-hydrogen) atoms. The Balaban J connectivity index is -0.0000000632. The van der Waals surface area contributed by atoms with Gasteiger partial charge in [-0.2, -0.15) is 0 Å². The normalized spacial score (nSPS) is 10.1. The molecular weight excluding hydrogens is 2500 g/mol. The van der Waals surface area contributed by atoms with Crippen molar-refractivity contribution in [2.75, 3.05) is 39.3 Å². The second-order valence-corrected chi connectivity index (χ2v) is 44.0. The molecule has 0 fully saturated rings. The maximum Gasteiger partial charge on any atom is -0.693 e. The minimum atomic E-state index is -0.991. The molecule has 0 aromatic heterocycles. The summed E-state index contributed by atoms with van der Waals surface area (Å²) in [5.41, 5.74) is 4.81. The number of halogens is 8. The zero-order chi connectivity index (χ0) is 91.7. The Kier molecular flexibility index (Phi) is 160. The molecule has 2 unspecified atom stereocenters. The van der Waals surface area contributed by atoms with Crippen LogP contribution in [0.25, 0.3) is 36.9 Å². The number of nitrogens with two attached hydrogens (primary N) is 6. The molecule has 2 rings (SSSR count). The van der Waals surface area contributed by atoms with Crippen LogP contribution in [-0.2, 0) is 89.8 Å². The number of hydrogen-bond acceptors (Lipinski definition) is 8. The topological polar surface area (TPSA) is 596 Å². The van der Waals surface area contributed by atoms with Gasteiger partial charge in [0.1, 0.15) is 0 Å². The summed E-state index contributed by atoms with van der Waals surface area (Å²) in [4.78, 5) is 81.1. The Morgan fingerprint density at radius 3 is 0.629 bits per heavy atom. The van der Waals surface area contributed by atoms with E-state index in [-0.39, 0.29) is 73.4 Å². The van der Waals surface area contributed by atoms with E-state index in [0.717, 1.165) is 62.5 Å². The minimum absolute atomic E-state index is 0. The van der Waals surface area contributed by atoms with Crippen molar-refractivity contribution >= 4 is 124 Å². The van der Waals surface area contributed by atoms with E-state index in [1.54, 1.807) is 0 Å². The summed E-state index contributed by atoms with van der Waals surface area (Å²) in [5, 5.41) is 85.6. The molecule has 2 aromatic carbocycles. The zero-order valence-corrected chi connectivity index (χ0v) is 93.0. The average Bonchev–Trinajstić information content (AvgIpc) is 0.865. The van der Waals surface area contributed by atoms with Crippen LogP contribution in [0.2, 0.25) is 0 Å². The van der Waals surface area contributed by atoms with Gasteiger partial charge >= 0.3 is 190 Å². The number of carboxylic acid groups (broad SMARTS) is 8. The first kappa shape index (κ1) is 165. The van der Waals surface area contributed by atoms with Crippen molar-refractivity contribution in [1.29, 1.82) is 0 Å². The quantitative estimate of drug-likeness (QED) is 0.0218. The van der Waals surface area contributed by atoms with Crippen LogP contribution in [0.4, 0.5) is 38.4 Å². The van der Waals surface area contributed by atoms with Crippen LogP contribution in [0.3, 0.4) is 0 Å². The molecule has 0 bridgehead atoms. The van der Waals surface area contributed by atoms with E-state index in [0.29, 0.717) is 64.2 Å². The van der Waals surface area contributed by atoms with Crippen molar-refractivity contribution in [2.24, 2.45) is 22.7 Å². The van der Waals surface area contributed by atoms with Gasteiger partial charge < -0.3 is 135 Å². The summed E-state index contributed by atoms with van der Waals surface area (Å²) in [5.74, 6) is 1.03. The predicted molar refractivity (Wildman–Crippen MR) is 517 cm³/mol. The van der Waals surface area contributed by atoms with E-state index in [4.69, 9.17) is 116 Å². The third kappa shape index (κ3) is 169. The fourth-order valence-corrected chi connectivity index (χ4v) is 9.25. The van der Waals surface area contributed by atoms with Crippen molar-refractivity contribution in [3.63, 3.8) is 0 Å². The Bertz CT molecular complexity index is 2390. The molecule has 2 atom stereocenters. The summed E-state index contributed by atoms with van der Waals surface area (Å²) in [6.07, 6.45) is 27.3. The van der Waals surface area contributed by atoms with Gasteiger partial charge in [0, 0.05) is 52.4 Å². The largest absolute Gasteiger partial charge is 0.693 e. The number of amides is 8. The predicted octanol–water partition coefficient (Wildman–Crippen LogP) is 32.1. The Labute approximate surface area is 816 Å². The number of hydrogen-bond donors (Lipinski definition) is 16. The molecule has 0 radical (unpaired) electrons. The van der Waals surface area contributed by atoms with E-state index in [1.165, 1.54) is 140 Å². The molecule has 42 heteroatoms. The molecule has 30 nitrogen and oxygen atoms in total. The number of benzene rings is 2. The van der Waals surface area contributed by atoms with E-state index < -0.39 is 115 Å². The fourth-order valence-electron chi connectivity index (χ4n) is 9.25. The number of unbranched alkanes of at least 4 members (excludes halogenated alkanes) is 20. The smallest absolute Gasteiger partial charge is 0.693 e. The van der Waals surface area contributed by atoms with Crippen LogP contribution < -0.4 is 42.5 Å². The zero-order valence-electron chi connectivity index (χ0n) is 77.8. The van der Waals surface area contributed by atoms with Crippen LogP contribution in [0.1, 0.15) is 327 Å². The van der Waals surface area contributed by atoms with E-state index in [2.05, 4.69) is 126 Å². The van der Waals surface area contributed by atoms with Gasteiger partial charge in [0.15, 0.2) is 0 Å². The molecule has 0 aliphatic heterocycles. The molecule has 0 spiro atoms. The van der Waals surface area contributed by atoms with Crippen LogP contribution >= 0.6 is 75.3 Å². The van der Waals surface area contributed by atoms with Crippen molar-refractivity contribution < 1.29 is 145 Å². The molecule has 2 aromatic rings. The van der Waals surface area contributed by atoms with Crippen molar-refractivity contribution in [3.8, 4) is 0 Å². The maximum atomic E-state index is 10.3. The minimum Gasteiger partial charge on any atom is -0.693 e. The molecule has 0 heterocycles. The monoisotopic (exact) mass is 2670 g/mol. The van der Waals surface area contributed by atoms with Gasteiger partial charge in [-0.1, -0.05) is 327 Å². The molecule has 0 saturated heterocycles. The van der Waals surface area contributed by atoms with Gasteiger partial charge in [0.05, 0.1) is 0 Å². The number of nitrogens with one attached hydrogen (secondary N) is 8. The van der Waals surface area contributed by atoms with Crippen LogP contribution in [0.5, 0.6) is 0 Å². The molecule has 8 amide bonds.